The van der Waals surface area contributed by atoms with Gasteiger partial charge in [-0.25, -0.2) is 9.37 Å². The van der Waals surface area contributed by atoms with E-state index in [-0.39, 0.29) is 30.2 Å². The maximum atomic E-state index is 14.1. The molecule has 0 aliphatic carbocycles. The number of hydrogen-bond acceptors (Lipinski definition) is 4. The highest BCUT2D eigenvalue weighted by Crippen LogP contribution is 2.41. The average Bonchev–Trinajstić information content (AvgIpc) is 3.42. The van der Waals surface area contributed by atoms with Gasteiger partial charge in [-0.1, -0.05) is 6.07 Å². The molecule has 1 atom stereocenters. The molecule has 6 nitrogen and oxygen atoms in total. The minimum atomic E-state index is -5.09. The van der Waals surface area contributed by atoms with Crippen molar-refractivity contribution in [3.05, 3.63) is 76.7 Å². The van der Waals surface area contributed by atoms with Crippen molar-refractivity contribution in [1.29, 1.82) is 0 Å². The van der Waals surface area contributed by atoms with Crippen LogP contribution in [0.3, 0.4) is 0 Å². The summed E-state index contributed by atoms with van der Waals surface area (Å²) in [5, 5.41) is 0. The molecule has 5 rings (SSSR count). The number of pyridine rings is 1. The van der Waals surface area contributed by atoms with E-state index < -0.39 is 46.2 Å². The van der Waals surface area contributed by atoms with Gasteiger partial charge in [-0.2, -0.15) is 26.3 Å². The average molecular weight is 637 g/mol. The summed E-state index contributed by atoms with van der Waals surface area (Å²) in [5.41, 5.74) is -3.87. The Morgan fingerprint density at radius 1 is 0.933 bits per heavy atom. The van der Waals surface area contributed by atoms with Gasteiger partial charge in [0.15, 0.2) is 0 Å². The minimum absolute atomic E-state index is 0.0124. The van der Waals surface area contributed by atoms with Crippen molar-refractivity contribution in [2.75, 3.05) is 36.5 Å². The van der Waals surface area contributed by atoms with Gasteiger partial charge < -0.3 is 4.90 Å². The lowest BCUT2D eigenvalue weighted by atomic mass is 9.81. The zero-order valence-corrected chi connectivity index (χ0v) is 25.0. The third kappa shape index (κ3) is 6.27. The number of aromatic nitrogens is 1. The van der Waals surface area contributed by atoms with Crippen LogP contribution in [0.15, 0.2) is 48.7 Å². The summed E-state index contributed by atoms with van der Waals surface area (Å²) >= 11 is 0. The van der Waals surface area contributed by atoms with Gasteiger partial charge in [-0.3, -0.25) is 19.4 Å². The van der Waals surface area contributed by atoms with Crippen LogP contribution in [0.2, 0.25) is 0 Å². The topological polar surface area (TPSA) is 56.8 Å². The smallest absolute Gasteiger partial charge is 0.313 e. The molecule has 2 aliphatic rings. The molecule has 2 aromatic carbocycles. The number of nitrogens with zero attached hydrogens (tertiary/aromatic N) is 4. The van der Waals surface area contributed by atoms with E-state index in [1.54, 1.807) is 17.9 Å². The predicted molar refractivity (Wildman–Crippen MR) is 154 cm³/mol. The quantitative estimate of drug-likeness (QED) is 0.284. The Morgan fingerprint density at radius 3 is 2.16 bits per heavy atom. The van der Waals surface area contributed by atoms with Crippen LogP contribution in [0.1, 0.15) is 48.9 Å². The van der Waals surface area contributed by atoms with Gasteiger partial charge in [0.1, 0.15) is 11.6 Å². The molecule has 3 heterocycles. The summed E-state index contributed by atoms with van der Waals surface area (Å²) in [4.78, 5) is 36.3. The largest absolute Gasteiger partial charge is 0.416 e. The van der Waals surface area contributed by atoms with Crippen molar-refractivity contribution in [2.24, 2.45) is 0 Å². The van der Waals surface area contributed by atoms with Gasteiger partial charge in [-0.05, 0) is 93.2 Å². The molecule has 240 valence electrons. The Hall–Kier alpha value is -4.00. The fourth-order valence-corrected chi connectivity index (χ4v) is 6.07. The highest BCUT2D eigenvalue weighted by atomic mass is 19.4. The van der Waals surface area contributed by atoms with Crippen LogP contribution >= 0.6 is 0 Å². The van der Waals surface area contributed by atoms with E-state index in [1.165, 1.54) is 45.3 Å². The fourth-order valence-electron chi connectivity index (χ4n) is 6.07. The Kier molecular flexibility index (Phi) is 8.22. The van der Waals surface area contributed by atoms with Crippen molar-refractivity contribution >= 4 is 23.3 Å². The van der Waals surface area contributed by atoms with Crippen molar-refractivity contribution < 1.29 is 40.3 Å². The maximum Gasteiger partial charge on any atom is 0.416 e. The summed E-state index contributed by atoms with van der Waals surface area (Å²) in [6.07, 6.45) is -6.95. The number of piperazine rings is 1. The van der Waals surface area contributed by atoms with Crippen LogP contribution in [0, 0.1) is 12.7 Å². The molecule has 2 saturated heterocycles. The molecule has 2 amide bonds. The molecule has 1 aromatic heterocycles. The lowest BCUT2D eigenvalue weighted by Crippen LogP contribution is -2.54. The van der Waals surface area contributed by atoms with E-state index in [0.717, 1.165) is 24.3 Å². The number of likely N-dealkylation sites (N-methyl/N-ethyl adjacent to an activating group) is 1. The third-order valence-corrected chi connectivity index (χ3v) is 8.67. The SMILES string of the molecule is Cc1cc(F)ccc1-c1cc(N2CC3CCCN3CC2=O)ncc1N(C)C(=O)C(C)(C)c1cc(C(F)(F)F)cc(C(F)(F)F)c1. The standard InChI is InChI=1S/C32H31F7N4O2/c1-18-10-22(33)7-8-24(18)25-14-27(43-16-23-6-5-9-42(23)17-28(43)44)40-15-26(25)41(4)29(45)30(2,3)19-11-20(31(34,35)36)13-21(12-19)32(37,38)39/h7-8,10-15,23H,5-6,9,16-17H2,1-4H3. The number of rotatable bonds is 5. The summed E-state index contributed by atoms with van der Waals surface area (Å²) in [7, 11) is 1.34. The number of aryl methyl sites for hydroxylation is 1. The van der Waals surface area contributed by atoms with Gasteiger partial charge in [-0.15, -0.1) is 0 Å². The first-order valence-electron chi connectivity index (χ1n) is 14.3. The third-order valence-electron chi connectivity index (χ3n) is 8.67. The maximum absolute atomic E-state index is 14.1. The Bertz CT molecular complexity index is 1620. The van der Waals surface area contributed by atoms with Crippen molar-refractivity contribution in [3.8, 4) is 11.1 Å². The normalized spacial score (nSPS) is 17.9. The molecular formula is C32H31F7N4O2. The van der Waals surface area contributed by atoms with E-state index in [2.05, 4.69) is 9.88 Å². The second kappa shape index (κ2) is 11.4. The number of fused-ring (bicyclic) bond motifs is 1. The molecule has 0 spiro atoms. The van der Waals surface area contributed by atoms with Gasteiger partial charge in [0.25, 0.3) is 0 Å². The van der Waals surface area contributed by atoms with Crippen LogP contribution in [0.25, 0.3) is 11.1 Å². The number of alkyl halides is 6. The number of carbonyl (C=O) groups excluding carboxylic acids is 2. The summed E-state index contributed by atoms with van der Waals surface area (Å²) in [6.45, 7) is 5.60. The van der Waals surface area contributed by atoms with E-state index in [0.29, 0.717) is 41.2 Å². The van der Waals surface area contributed by atoms with Crippen LogP contribution in [-0.4, -0.2) is 54.4 Å². The summed E-state index contributed by atoms with van der Waals surface area (Å²) < 4.78 is 95.8. The zero-order valence-electron chi connectivity index (χ0n) is 25.0. The Labute approximate surface area is 255 Å². The summed E-state index contributed by atoms with van der Waals surface area (Å²) in [5.74, 6) is -1.18. The van der Waals surface area contributed by atoms with Crippen molar-refractivity contribution in [1.82, 2.24) is 9.88 Å². The number of benzene rings is 2. The van der Waals surface area contributed by atoms with Gasteiger partial charge in [0, 0.05) is 25.2 Å². The molecule has 1 unspecified atom stereocenters. The molecule has 45 heavy (non-hydrogen) atoms. The van der Waals surface area contributed by atoms with E-state index in [1.807, 2.05) is 0 Å². The number of anilines is 2. The zero-order chi connectivity index (χ0) is 33.1. The molecule has 0 bridgehead atoms. The Balaban J connectivity index is 1.59. The first-order valence-corrected chi connectivity index (χ1v) is 14.3. The number of carbonyl (C=O) groups is 2. The highest BCUT2D eigenvalue weighted by Gasteiger charge is 2.42. The van der Waals surface area contributed by atoms with Crippen molar-refractivity contribution in [2.45, 2.75) is 57.4 Å². The lowest BCUT2D eigenvalue weighted by molar-refractivity contribution is -0.143. The first-order chi connectivity index (χ1) is 20.9. The van der Waals surface area contributed by atoms with Gasteiger partial charge in [0.05, 0.1) is 35.0 Å². The molecule has 0 radical (unpaired) electrons. The first kappa shape index (κ1) is 32.4. The highest BCUT2D eigenvalue weighted by molar-refractivity contribution is 6.04. The minimum Gasteiger partial charge on any atom is -0.313 e. The molecule has 13 heteroatoms. The van der Waals surface area contributed by atoms with Gasteiger partial charge in [0.2, 0.25) is 11.8 Å². The molecule has 0 N–H and O–H groups in total. The summed E-state index contributed by atoms with van der Waals surface area (Å²) in [6, 6.07) is 6.87. The Morgan fingerprint density at radius 2 is 1.56 bits per heavy atom. The van der Waals surface area contributed by atoms with Crippen LogP contribution < -0.4 is 9.80 Å². The van der Waals surface area contributed by atoms with E-state index in [9.17, 15) is 40.3 Å². The van der Waals surface area contributed by atoms with E-state index >= 15 is 0 Å². The van der Waals surface area contributed by atoms with Crippen LogP contribution in [0.4, 0.5) is 42.2 Å². The molecule has 2 fully saturated rings. The number of halogens is 7. The molecule has 2 aliphatic heterocycles. The number of hydrogen-bond donors (Lipinski definition) is 0. The molecule has 0 saturated carbocycles. The second-order valence-electron chi connectivity index (χ2n) is 12.1. The monoisotopic (exact) mass is 636 g/mol. The fraction of sp³-hybridized carbons (Fsp3) is 0.406. The van der Waals surface area contributed by atoms with Gasteiger partial charge >= 0.3 is 12.4 Å². The number of amides is 2. The predicted octanol–water partition coefficient (Wildman–Crippen LogP) is 6.99. The second-order valence-corrected chi connectivity index (χ2v) is 12.1. The molecule has 3 aromatic rings. The van der Waals surface area contributed by atoms with Crippen LogP contribution in [-0.2, 0) is 27.4 Å². The van der Waals surface area contributed by atoms with E-state index in [4.69, 9.17) is 0 Å². The van der Waals surface area contributed by atoms with Crippen molar-refractivity contribution in [3.63, 3.8) is 0 Å². The lowest BCUT2D eigenvalue weighted by Gasteiger charge is -2.37. The molecular weight excluding hydrogens is 605 g/mol. The van der Waals surface area contributed by atoms with Crippen LogP contribution in [0.5, 0.6) is 0 Å².